The lowest BCUT2D eigenvalue weighted by molar-refractivity contribution is 0.438. The second-order valence-electron chi connectivity index (χ2n) is 7.76. The van der Waals surface area contributed by atoms with E-state index in [4.69, 9.17) is 16.6 Å². The summed E-state index contributed by atoms with van der Waals surface area (Å²) >= 11 is 12.6. The average molecular weight is 587 g/mol. The molecule has 2 aromatic carbocycles. The molecule has 1 N–H and O–H groups in total. The van der Waals surface area contributed by atoms with Crippen LogP contribution in [0.25, 0.3) is 11.3 Å². The first-order valence-corrected chi connectivity index (χ1v) is 12.2. The first-order valence-electron chi connectivity index (χ1n) is 10.2. The number of nitrogens with zero attached hydrogens (tertiary/aromatic N) is 2. The number of benzene rings is 2. The van der Waals surface area contributed by atoms with Crippen molar-refractivity contribution in [3.63, 3.8) is 0 Å². The molecule has 0 saturated carbocycles. The Morgan fingerprint density at radius 3 is 2.64 bits per heavy atom. The molecule has 0 unspecified atom stereocenters. The van der Waals surface area contributed by atoms with Crippen LogP contribution in [0.4, 0.5) is 10.1 Å². The summed E-state index contributed by atoms with van der Waals surface area (Å²) in [6, 6.07) is 19.9. The lowest BCUT2D eigenvalue weighted by Crippen LogP contribution is -2.29. The Kier molecular flexibility index (Phi) is 6.07. The zero-order valence-corrected chi connectivity index (χ0v) is 21.4. The van der Waals surface area contributed by atoms with Crippen molar-refractivity contribution in [3.05, 3.63) is 105 Å². The van der Waals surface area contributed by atoms with Crippen LogP contribution in [0, 0.1) is 12.7 Å². The van der Waals surface area contributed by atoms with Crippen molar-refractivity contribution in [1.82, 2.24) is 10.3 Å². The molecule has 8 heteroatoms. The number of halogens is 3. The molecule has 166 valence electrons. The minimum atomic E-state index is -0.355. The molecule has 1 fully saturated rings. The number of hydrogen-bond acceptors (Lipinski definition) is 3. The summed E-state index contributed by atoms with van der Waals surface area (Å²) in [6.45, 7) is 2.03. The molecular formula is C25H18Br2FN3OS. The zero-order chi connectivity index (χ0) is 23.1. The van der Waals surface area contributed by atoms with Gasteiger partial charge in [0.2, 0.25) is 0 Å². The summed E-state index contributed by atoms with van der Waals surface area (Å²) in [4.78, 5) is 6.59. The minimum Gasteiger partial charge on any atom is -0.459 e. The van der Waals surface area contributed by atoms with Gasteiger partial charge >= 0.3 is 0 Å². The third-order valence-electron chi connectivity index (χ3n) is 5.63. The van der Waals surface area contributed by atoms with E-state index in [9.17, 15) is 4.39 Å². The Morgan fingerprint density at radius 2 is 1.91 bits per heavy atom. The van der Waals surface area contributed by atoms with Crippen LogP contribution in [0.3, 0.4) is 0 Å². The monoisotopic (exact) mass is 585 g/mol. The van der Waals surface area contributed by atoms with Crippen LogP contribution < -0.4 is 10.2 Å². The number of nitrogens with one attached hydrogen (secondary N) is 1. The average Bonchev–Trinajstić information content (AvgIpc) is 3.41. The quantitative estimate of drug-likeness (QED) is 0.251. The maximum Gasteiger partial charge on any atom is 0.174 e. The normalized spacial score (nSPS) is 17.9. The van der Waals surface area contributed by atoms with Crippen molar-refractivity contribution >= 4 is 54.9 Å². The Labute approximate surface area is 213 Å². The fourth-order valence-electron chi connectivity index (χ4n) is 4.05. The van der Waals surface area contributed by atoms with E-state index in [1.807, 2.05) is 48.2 Å². The molecule has 1 aliphatic heterocycles. The summed E-state index contributed by atoms with van der Waals surface area (Å²) in [6.07, 6.45) is 1.76. The fourth-order valence-corrected chi connectivity index (χ4v) is 4.97. The molecule has 3 heterocycles. The molecule has 0 amide bonds. The number of pyridine rings is 1. The third kappa shape index (κ3) is 4.23. The van der Waals surface area contributed by atoms with Crippen LogP contribution in [0.5, 0.6) is 0 Å². The van der Waals surface area contributed by atoms with Gasteiger partial charge in [0.1, 0.15) is 23.4 Å². The summed E-state index contributed by atoms with van der Waals surface area (Å²) in [5.41, 5.74) is 3.27. The number of rotatable bonds is 4. The molecular weight excluding hydrogens is 569 g/mol. The van der Waals surface area contributed by atoms with Crippen molar-refractivity contribution in [2.24, 2.45) is 0 Å². The van der Waals surface area contributed by atoms with Gasteiger partial charge < -0.3 is 14.6 Å². The minimum absolute atomic E-state index is 0.239. The van der Waals surface area contributed by atoms with E-state index in [-0.39, 0.29) is 17.9 Å². The second kappa shape index (κ2) is 9.00. The van der Waals surface area contributed by atoms with Gasteiger partial charge in [-0.25, -0.2) is 4.39 Å². The molecule has 0 bridgehead atoms. The van der Waals surface area contributed by atoms with Crippen molar-refractivity contribution in [2.75, 3.05) is 4.90 Å². The molecule has 0 spiro atoms. The van der Waals surface area contributed by atoms with Crippen LogP contribution in [0.2, 0.25) is 0 Å². The topological polar surface area (TPSA) is 41.3 Å². The number of aromatic nitrogens is 1. The van der Waals surface area contributed by atoms with Crippen molar-refractivity contribution in [2.45, 2.75) is 19.0 Å². The highest BCUT2D eigenvalue weighted by molar-refractivity contribution is 9.10. The molecule has 1 aliphatic rings. The molecule has 1 saturated heterocycles. The van der Waals surface area contributed by atoms with Crippen molar-refractivity contribution in [1.29, 1.82) is 0 Å². The highest BCUT2D eigenvalue weighted by Crippen LogP contribution is 2.43. The van der Waals surface area contributed by atoms with Crippen LogP contribution in [0.1, 0.15) is 29.1 Å². The van der Waals surface area contributed by atoms with Gasteiger partial charge in [-0.3, -0.25) is 4.98 Å². The van der Waals surface area contributed by atoms with E-state index in [1.165, 1.54) is 6.07 Å². The number of thiocarbonyl (C=S) groups is 1. The largest absolute Gasteiger partial charge is 0.459 e. The predicted octanol–water partition coefficient (Wildman–Crippen LogP) is 7.49. The summed E-state index contributed by atoms with van der Waals surface area (Å²) < 4.78 is 22.5. The maximum absolute atomic E-state index is 14.6. The number of aryl methyl sites for hydroxylation is 1. The third-order valence-corrected chi connectivity index (χ3v) is 7.33. The SMILES string of the molecule is Cc1cc(N2C(=S)N[C@H](c3ccccn3)[C@@H]2c2ccc(-c3ccc(Br)cc3F)o2)ccc1Br. The molecule has 0 radical (unpaired) electrons. The number of hydrogen-bond donors (Lipinski definition) is 1. The lowest BCUT2D eigenvalue weighted by Gasteiger charge is -2.26. The highest BCUT2D eigenvalue weighted by atomic mass is 79.9. The Bertz CT molecular complexity index is 1340. The van der Waals surface area contributed by atoms with Crippen LogP contribution >= 0.6 is 44.1 Å². The predicted molar refractivity (Wildman–Crippen MR) is 139 cm³/mol. The van der Waals surface area contributed by atoms with Crippen molar-refractivity contribution in [3.8, 4) is 11.3 Å². The van der Waals surface area contributed by atoms with E-state index in [2.05, 4.69) is 48.2 Å². The van der Waals surface area contributed by atoms with E-state index in [1.54, 1.807) is 24.4 Å². The first kappa shape index (κ1) is 22.3. The van der Waals surface area contributed by atoms with Gasteiger partial charge in [-0.1, -0.05) is 37.9 Å². The standard InChI is InChI=1S/C25H18Br2FN3OS/c1-14-12-16(6-8-18(14)27)31-24(23(30-25(31)33)20-4-2-3-11-29-20)22-10-9-21(32-22)17-7-5-15(26)13-19(17)28/h2-13,23-24H,1H3,(H,30,33)/t23-,24+/m1/s1. The second-order valence-corrected chi connectivity index (χ2v) is 9.91. The molecule has 5 rings (SSSR count). The number of anilines is 1. The van der Waals surface area contributed by atoms with Gasteiger partial charge in [-0.15, -0.1) is 0 Å². The Hall–Kier alpha value is -2.55. The van der Waals surface area contributed by atoms with E-state index >= 15 is 0 Å². The molecule has 0 aliphatic carbocycles. The van der Waals surface area contributed by atoms with Gasteiger partial charge in [-0.2, -0.15) is 0 Å². The maximum atomic E-state index is 14.6. The molecule has 4 aromatic rings. The van der Waals surface area contributed by atoms with E-state index in [0.717, 1.165) is 21.4 Å². The van der Waals surface area contributed by atoms with Crippen LogP contribution in [0.15, 0.2) is 86.3 Å². The molecule has 2 aromatic heterocycles. The summed E-state index contributed by atoms with van der Waals surface area (Å²) in [5, 5.41) is 3.99. The van der Waals surface area contributed by atoms with E-state index < -0.39 is 0 Å². The molecule has 2 atom stereocenters. The van der Waals surface area contributed by atoms with Gasteiger partial charge in [0, 0.05) is 20.8 Å². The van der Waals surface area contributed by atoms with Gasteiger partial charge in [-0.05, 0) is 85.4 Å². The van der Waals surface area contributed by atoms with Gasteiger partial charge in [0.25, 0.3) is 0 Å². The Morgan fingerprint density at radius 1 is 1.06 bits per heavy atom. The first-order chi connectivity index (χ1) is 15.9. The fraction of sp³-hybridized carbons (Fsp3) is 0.120. The van der Waals surface area contributed by atoms with Gasteiger partial charge in [0.15, 0.2) is 5.11 Å². The number of furan rings is 1. The summed E-state index contributed by atoms with van der Waals surface area (Å²) in [7, 11) is 0. The van der Waals surface area contributed by atoms with Gasteiger partial charge in [0.05, 0.1) is 17.3 Å². The van der Waals surface area contributed by atoms with Crippen LogP contribution in [-0.4, -0.2) is 10.1 Å². The summed E-state index contributed by atoms with van der Waals surface area (Å²) in [5.74, 6) is 0.766. The molecule has 33 heavy (non-hydrogen) atoms. The van der Waals surface area contributed by atoms with E-state index in [0.29, 0.717) is 26.7 Å². The smallest absolute Gasteiger partial charge is 0.174 e. The van der Waals surface area contributed by atoms with Crippen molar-refractivity contribution < 1.29 is 8.81 Å². The molecule has 4 nitrogen and oxygen atoms in total. The lowest BCUT2D eigenvalue weighted by atomic mass is 10.0. The Balaban J connectivity index is 1.61. The van der Waals surface area contributed by atoms with Crippen LogP contribution in [-0.2, 0) is 0 Å². The zero-order valence-electron chi connectivity index (χ0n) is 17.4. The highest BCUT2D eigenvalue weighted by Gasteiger charge is 2.42.